The normalized spacial score (nSPS) is 14.5. The van der Waals surface area contributed by atoms with Crippen molar-refractivity contribution < 1.29 is 9.59 Å². The van der Waals surface area contributed by atoms with E-state index in [1.54, 1.807) is 12.1 Å². The van der Waals surface area contributed by atoms with E-state index >= 15 is 0 Å². The minimum Gasteiger partial charge on any atom is -0.351 e. The topological polar surface area (TPSA) is 93.0 Å². The van der Waals surface area contributed by atoms with Crippen LogP contribution in [0.4, 0.5) is 5.69 Å². The highest BCUT2D eigenvalue weighted by Gasteiger charge is 2.33. The van der Waals surface area contributed by atoms with Gasteiger partial charge >= 0.3 is 5.91 Å². The van der Waals surface area contributed by atoms with E-state index in [0.29, 0.717) is 11.3 Å². The van der Waals surface area contributed by atoms with Gasteiger partial charge in [0.2, 0.25) is 5.91 Å². The average Bonchev–Trinajstić information content (AvgIpc) is 3.52. The molecule has 8 nitrogen and oxygen atoms in total. The van der Waals surface area contributed by atoms with Gasteiger partial charge in [0.1, 0.15) is 12.4 Å². The van der Waals surface area contributed by atoms with E-state index < -0.39 is 11.9 Å². The molecule has 2 amide bonds. The number of anilines is 1. The lowest BCUT2D eigenvalue weighted by Gasteiger charge is -2.31. The number of nitrogens with zero attached hydrogens (tertiary/aromatic N) is 5. The second-order valence-electron chi connectivity index (χ2n) is 7.85. The van der Waals surface area contributed by atoms with Crippen molar-refractivity contribution in [1.29, 1.82) is 0 Å². The summed E-state index contributed by atoms with van der Waals surface area (Å²) in [6.45, 7) is 1.88. The van der Waals surface area contributed by atoms with E-state index in [2.05, 4.69) is 26.8 Å². The minimum absolute atomic E-state index is 0.112. The van der Waals surface area contributed by atoms with Crippen molar-refractivity contribution in [1.82, 2.24) is 25.5 Å². The predicted octanol–water partition coefficient (Wildman–Crippen LogP) is 2.74. The number of aryl methyl sites for hydroxylation is 1. The summed E-state index contributed by atoms with van der Waals surface area (Å²) in [5.41, 5.74) is 2.80. The third kappa shape index (κ3) is 4.37. The molecule has 0 spiro atoms. The maximum atomic E-state index is 13.5. The van der Waals surface area contributed by atoms with E-state index in [9.17, 15) is 9.59 Å². The SMILES string of the molecule is C#CC(=O)N(c1ccc(-n2cnnn2)c(C)c1)[C@H](C(=O)NC1CCCC1)c1ccccc1. The van der Waals surface area contributed by atoms with Gasteiger partial charge in [-0.1, -0.05) is 43.2 Å². The van der Waals surface area contributed by atoms with E-state index in [-0.39, 0.29) is 11.9 Å². The van der Waals surface area contributed by atoms with Crippen LogP contribution in [0.1, 0.15) is 42.9 Å². The zero-order valence-corrected chi connectivity index (χ0v) is 17.8. The van der Waals surface area contributed by atoms with Crippen LogP contribution in [0.25, 0.3) is 5.69 Å². The summed E-state index contributed by atoms with van der Waals surface area (Å²) in [6, 6.07) is 13.8. The molecule has 32 heavy (non-hydrogen) atoms. The third-order valence-electron chi connectivity index (χ3n) is 5.72. The molecule has 0 saturated heterocycles. The van der Waals surface area contributed by atoms with E-state index in [0.717, 1.165) is 36.9 Å². The summed E-state index contributed by atoms with van der Waals surface area (Å²) >= 11 is 0. The maximum absolute atomic E-state index is 13.5. The highest BCUT2D eigenvalue weighted by atomic mass is 16.2. The zero-order chi connectivity index (χ0) is 22.5. The quantitative estimate of drug-likeness (QED) is 0.610. The number of carbonyl (C=O) groups is 2. The summed E-state index contributed by atoms with van der Waals surface area (Å²) in [5, 5.41) is 14.4. The number of benzene rings is 2. The Labute approximate surface area is 186 Å². The van der Waals surface area contributed by atoms with Gasteiger partial charge in [-0.3, -0.25) is 14.5 Å². The Morgan fingerprint density at radius 1 is 1.19 bits per heavy atom. The number of amides is 2. The summed E-state index contributed by atoms with van der Waals surface area (Å²) in [4.78, 5) is 27.8. The average molecular weight is 428 g/mol. The molecule has 1 aromatic heterocycles. The number of tetrazole rings is 1. The monoisotopic (exact) mass is 428 g/mol. The Morgan fingerprint density at radius 3 is 2.56 bits per heavy atom. The minimum atomic E-state index is -0.890. The van der Waals surface area contributed by atoms with Crippen LogP contribution in [0.3, 0.4) is 0 Å². The number of aromatic nitrogens is 4. The van der Waals surface area contributed by atoms with Gasteiger partial charge in [0, 0.05) is 11.7 Å². The van der Waals surface area contributed by atoms with Crippen LogP contribution >= 0.6 is 0 Å². The molecule has 0 radical (unpaired) electrons. The van der Waals surface area contributed by atoms with Gasteiger partial charge < -0.3 is 5.32 Å². The van der Waals surface area contributed by atoms with Crippen LogP contribution in [0.15, 0.2) is 54.9 Å². The Morgan fingerprint density at radius 2 is 1.94 bits per heavy atom. The molecule has 1 fully saturated rings. The van der Waals surface area contributed by atoms with Crippen LogP contribution in [0.2, 0.25) is 0 Å². The summed E-state index contributed by atoms with van der Waals surface area (Å²) < 4.78 is 1.54. The van der Waals surface area contributed by atoms with Crippen LogP contribution in [0, 0.1) is 19.3 Å². The molecule has 0 bridgehead atoms. The van der Waals surface area contributed by atoms with Gasteiger partial charge in [0.15, 0.2) is 0 Å². The second-order valence-corrected chi connectivity index (χ2v) is 7.85. The first-order chi connectivity index (χ1) is 15.6. The Balaban J connectivity index is 1.76. The number of hydrogen-bond donors (Lipinski definition) is 1. The third-order valence-corrected chi connectivity index (χ3v) is 5.72. The lowest BCUT2D eigenvalue weighted by atomic mass is 10.0. The van der Waals surface area contributed by atoms with Crippen molar-refractivity contribution in [2.24, 2.45) is 0 Å². The van der Waals surface area contributed by atoms with Crippen molar-refractivity contribution in [2.75, 3.05) is 4.90 Å². The highest BCUT2D eigenvalue weighted by molar-refractivity contribution is 6.09. The van der Waals surface area contributed by atoms with Crippen LogP contribution in [-0.4, -0.2) is 38.1 Å². The molecule has 162 valence electrons. The van der Waals surface area contributed by atoms with Crippen LogP contribution in [0.5, 0.6) is 0 Å². The van der Waals surface area contributed by atoms with Crippen molar-refractivity contribution in [2.45, 2.75) is 44.7 Å². The highest BCUT2D eigenvalue weighted by Crippen LogP contribution is 2.31. The van der Waals surface area contributed by atoms with Gasteiger partial charge in [0.25, 0.3) is 0 Å². The molecule has 1 heterocycles. The molecule has 4 rings (SSSR count). The standard InChI is InChI=1S/C24H24N6O2/c1-3-22(31)30(20-13-14-21(17(2)15-20)29-16-25-27-28-29)23(18-9-5-4-6-10-18)24(32)26-19-11-7-8-12-19/h1,4-6,9-10,13-16,19,23H,7-8,11-12H2,2H3,(H,26,32)/t23-/m0/s1. The van der Waals surface area contributed by atoms with Crippen LogP contribution in [-0.2, 0) is 9.59 Å². The van der Waals surface area contributed by atoms with Gasteiger partial charge in [-0.05, 0) is 65.4 Å². The second kappa shape index (κ2) is 9.43. The molecule has 0 aliphatic heterocycles. The molecular formula is C24H24N6O2. The molecule has 0 unspecified atom stereocenters. The Bertz CT molecular complexity index is 1130. The molecule has 8 heteroatoms. The predicted molar refractivity (Wildman–Crippen MR) is 120 cm³/mol. The number of terminal acetylenes is 1. The molecule has 3 aromatic rings. The van der Waals surface area contributed by atoms with E-state index in [1.165, 1.54) is 15.9 Å². The molecule has 1 aliphatic rings. The number of carbonyl (C=O) groups excluding carboxylic acids is 2. The number of nitrogens with one attached hydrogen (secondary N) is 1. The number of rotatable bonds is 6. The van der Waals surface area contributed by atoms with E-state index in [1.807, 2.05) is 43.3 Å². The molecule has 1 aliphatic carbocycles. The first kappa shape index (κ1) is 21.2. The lowest BCUT2D eigenvalue weighted by Crippen LogP contribution is -2.46. The van der Waals surface area contributed by atoms with Gasteiger partial charge in [-0.25, -0.2) is 4.68 Å². The fourth-order valence-corrected chi connectivity index (χ4v) is 4.17. The lowest BCUT2D eigenvalue weighted by molar-refractivity contribution is -0.125. The van der Waals surface area contributed by atoms with Crippen LogP contribution < -0.4 is 10.2 Å². The number of hydrogen-bond acceptors (Lipinski definition) is 5. The van der Waals surface area contributed by atoms with Crippen molar-refractivity contribution in [3.05, 3.63) is 66.0 Å². The molecule has 1 saturated carbocycles. The maximum Gasteiger partial charge on any atom is 0.303 e. The first-order valence-electron chi connectivity index (χ1n) is 10.6. The fraction of sp³-hybridized carbons (Fsp3) is 0.292. The smallest absolute Gasteiger partial charge is 0.303 e. The van der Waals surface area contributed by atoms with Crippen molar-refractivity contribution in [3.63, 3.8) is 0 Å². The van der Waals surface area contributed by atoms with E-state index in [4.69, 9.17) is 6.42 Å². The largest absolute Gasteiger partial charge is 0.351 e. The molecule has 2 aromatic carbocycles. The Hall–Kier alpha value is -3.99. The van der Waals surface area contributed by atoms with Crippen molar-refractivity contribution >= 4 is 17.5 Å². The summed E-state index contributed by atoms with van der Waals surface area (Å²) in [6.07, 6.45) is 11.1. The van der Waals surface area contributed by atoms with Gasteiger partial charge in [-0.15, -0.1) is 11.5 Å². The summed E-state index contributed by atoms with van der Waals surface area (Å²) in [5.74, 6) is 1.36. The molecule has 1 N–H and O–H groups in total. The Kier molecular flexibility index (Phi) is 6.26. The first-order valence-corrected chi connectivity index (χ1v) is 10.6. The molecular weight excluding hydrogens is 404 g/mol. The van der Waals surface area contributed by atoms with Gasteiger partial charge in [0.05, 0.1) is 5.69 Å². The summed E-state index contributed by atoms with van der Waals surface area (Å²) in [7, 11) is 0. The molecule has 1 atom stereocenters. The zero-order valence-electron chi connectivity index (χ0n) is 17.8. The van der Waals surface area contributed by atoms with Gasteiger partial charge in [-0.2, -0.15) is 0 Å². The van der Waals surface area contributed by atoms with Crippen molar-refractivity contribution in [3.8, 4) is 18.0 Å². The fourth-order valence-electron chi connectivity index (χ4n) is 4.17.